The molecule has 2 aliphatic carbocycles. The normalized spacial score (nSPS) is 19.5. The van der Waals surface area contributed by atoms with Crippen molar-refractivity contribution in [2.45, 2.75) is 12.5 Å². The van der Waals surface area contributed by atoms with Crippen molar-refractivity contribution in [2.24, 2.45) is 0 Å². The van der Waals surface area contributed by atoms with Crippen LogP contribution in [0.3, 0.4) is 0 Å². The zero-order valence-corrected chi connectivity index (χ0v) is 15.1. The minimum Gasteiger partial charge on any atom is -0.453 e. The zero-order chi connectivity index (χ0) is 18.7. The Morgan fingerprint density at radius 3 is 2.68 bits per heavy atom. The van der Waals surface area contributed by atoms with E-state index in [1.807, 2.05) is 42.5 Å². The number of ketones is 1. The summed E-state index contributed by atoms with van der Waals surface area (Å²) in [6.07, 6.45) is 11.0. The molecule has 3 nitrogen and oxygen atoms in total. The molecule has 3 aliphatic rings. The maximum absolute atomic E-state index is 13.1. The van der Waals surface area contributed by atoms with Crippen LogP contribution in [0, 0.1) is 0 Å². The molecule has 3 heteroatoms. The summed E-state index contributed by atoms with van der Waals surface area (Å²) >= 11 is 0. The van der Waals surface area contributed by atoms with Gasteiger partial charge in [-0.05, 0) is 35.4 Å². The smallest absolute Gasteiger partial charge is 0.203 e. The number of hydrogen-bond acceptors (Lipinski definition) is 2. The van der Waals surface area contributed by atoms with Crippen LogP contribution >= 0.6 is 0 Å². The van der Waals surface area contributed by atoms with Gasteiger partial charge >= 0.3 is 0 Å². The number of ether oxygens (including phenoxy) is 1. The molecule has 0 saturated carbocycles. The lowest BCUT2D eigenvalue weighted by atomic mass is 9.87. The zero-order valence-electron chi connectivity index (χ0n) is 15.1. The Bertz CT molecular complexity index is 1270. The van der Waals surface area contributed by atoms with Crippen LogP contribution in [0.5, 0.6) is 5.75 Å². The average molecular weight is 363 g/mol. The molecule has 134 valence electrons. The lowest BCUT2D eigenvalue weighted by Crippen LogP contribution is -2.25. The Morgan fingerprint density at radius 1 is 0.964 bits per heavy atom. The first-order valence-electron chi connectivity index (χ1n) is 9.50. The summed E-state index contributed by atoms with van der Waals surface area (Å²) < 4.78 is 8.48. The quantitative estimate of drug-likeness (QED) is 0.629. The number of aromatic nitrogens is 1. The minimum atomic E-state index is 0.0277. The van der Waals surface area contributed by atoms with E-state index in [1.54, 1.807) is 0 Å². The van der Waals surface area contributed by atoms with Crippen molar-refractivity contribution in [1.29, 1.82) is 0 Å². The molecule has 2 heterocycles. The Kier molecular flexibility index (Phi) is 3.15. The second-order valence-corrected chi connectivity index (χ2v) is 7.31. The van der Waals surface area contributed by atoms with Crippen molar-refractivity contribution in [3.63, 3.8) is 0 Å². The third kappa shape index (κ3) is 2.07. The summed E-state index contributed by atoms with van der Waals surface area (Å²) in [5, 5.41) is 1.15. The van der Waals surface area contributed by atoms with Crippen molar-refractivity contribution in [1.82, 2.24) is 4.57 Å². The predicted octanol–water partition coefficient (Wildman–Crippen LogP) is 5.16. The summed E-state index contributed by atoms with van der Waals surface area (Å²) in [6, 6.07) is 18.0. The largest absolute Gasteiger partial charge is 0.453 e. The van der Waals surface area contributed by atoms with Gasteiger partial charge in [-0.15, -0.1) is 0 Å². The highest BCUT2D eigenvalue weighted by molar-refractivity contribution is 6.11. The van der Waals surface area contributed by atoms with E-state index >= 15 is 0 Å². The van der Waals surface area contributed by atoms with Crippen LogP contribution in [0.4, 0.5) is 0 Å². The topological polar surface area (TPSA) is 31.2 Å². The van der Waals surface area contributed by atoms with Crippen molar-refractivity contribution < 1.29 is 9.53 Å². The Balaban J connectivity index is 1.67. The van der Waals surface area contributed by atoms with Crippen molar-refractivity contribution in [3.8, 4) is 5.75 Å². The summed E-state index contributed by atoms with van der Waals surface area (Å²) in [6.45, 7) is 0. The molecule has 0 N–H and O–H groups in total. The van der Waals surface area contributed by atoms with E-state index in [-0.39, 0.29) is 11.8 Å². The van der Waals surface area contributed by atoms with Gasteiger partial charge in [0.15, 0.2) is 5.76 Å². The summed E-state index contributed by atoms with van der Waals surface area (Å²) in [7, 11) is 0. The van der Waals surface area contributed by atoms with Crippen molar-refractivity contribution in [2.75, 3.05) is 0 Å². The van der Waals surface area contributed by atoms with Crippen LogP contribution in [-0.2, 0) is 11.2 Å². The maximum atomic E-state index is 13.1. The standard InChI is InChI=1S/C25H17NO2/c27-23-15-19-18-11-5-7-13-22(18)26-21-12-6-4-8-16(21)14-20(24(19)26)25(23)28-17-9-2-1-3-10-17/h1-14,21H,15H2. The molecule has 0 amide bonds. The highest BCUT2D eigenvalue weighted by Crippen LogP contribution is 2.46. The third-order valence-corrected chi connectivity index (χ3v) is 5.69. The molecule has 0 radical (unpaired) electrons. The molecule has 1 atom stereocenters. The monoisotopic (exact) mass is 363 g/mol. The van der Waals surface area contributed by atoms with Gasteiger partial charge in [-0.1, -0.05) is 60.7 Å². The van der Waals surface area contributed by atoms with Gasteiger partial charge in [-0.3, -0.25) is 4.79 Å². The minimum absolute atomic E-state index is 0.0277. The number of rotatable bonds is 2. The molecule has 1 aliphatic heterocycles. The molecular formula is C25H17NO2. The van der Waals surface area contributed by atoms with Crippen molar-refractivity contribution >= 4 is 22.3 Å². The first kappa shape index (κ1) is 15.5. The van der Waals surface area contributed by atoms with E-state index in [0.29, 0.717) is 17.9 Å². The SMILES string of the molecule is O=C1Cc2c3n(c4ccccc24)C2C=CC=CC2=CC3=C1Oc1ccccc1. The second kappa shape index (κ2) is 5.70. The maximum Gasteiger partial charge on any atom is 0.203 e. The van der Waals surface area contributed by atoms with Crippen LogP contribution in [0.15, 0.2) is 96.3 Å². The molecule has 6 rings (SSSR count). The van der Waals surface area contributed by atoms with Crippen LogP contribution < -0.4 is 4.74 Å². The fourth-order valence-corrected chi connectivity index (χ4v) is 4.52. The predicted molar refractivity (Wildman–Crippen MR) is 110 cm³/mol. The molecule has 28 heavy (non-hydrogen) atoms. The molecule has 0 spiro atoms. The lowest BCUT2D eigenvalue weighted by Gasteiger charge is -2.31. The van der Waals surface area contributed by atoms with Gasteiger partial charge in [0.1, 0.15) is 5.75 Å². The number of carbonyl (C=O) groups excluding carboxylic acids is 1. The number of allylic oxidation sites excluding steroid dienone is 8. The number of Topliss-reactive ketones (excluding diaryl/α,β-unsaturated/α-hetero) is 1. The molecule has 3 aromatic rings. The van der Waals surface area contributed by atoms with Crippen LogP contribution in [0.1, 0.15) is 17.3 Å². The van der Waals surface area contributed by atoms with E-state index in [0.717, 1.165) is 27.7 Å². The van der Waals surface area contributed by atoms with Gasteiger partial charge in [-0.25, -0.2) is 0 Å². The van der Waals surface area contributed by atoms with Gasteiger partial charge in [0.25, 0.3) is 0 Å². The fourth-order valence-electron chi connectivity index (χ4n) is 4.52. The summed E-state index contributed by atoms with van der Waals surface area (Å²) in [5.41, 5.74) is 5.43. The molecule has 0 saturated heterocycles. The summed E-state index contributed by atoms with van der Waals surface area (Å²) in [5.74, 6) is 1.15. The van der Waals surface area contributed by atoms with Crippen LogP contribution in [0.2, 0.25) is 0 Å². The van der Waals surface area contributed by atoms with Gasteiger partial charge in [0.2, 0.25) is 5.78 Å². The number of fused-ring (bicyclic) bond motifs is 5. The molecule has 0 bridgehead atoms. The Hall–Kier alpha value is -3.59. The Morgan fingerprint density at radius 2 is 1.79 bits per heavy atom. The number of benzene rings is 2. The summed E-state index contributed by atoms with van der Waals surface area (Å²) in [4.78, 5) is 13.1. The average Bonchev–Trinajstić information content (AvgIpc) is 3.07. The van der Waals surface area contributed by atoms with E-state index < -0.39 is 0 Å². The first-order valence-corrected chi connectivity index (χ1v) is 9.50. The van der Waals surface area contributed by atoms with Gasteiger partial charge in [0.05, 0.1) is 11.7 Å². The van der Waals surface area contributed by atoms with Crippen LogP contribution in [0.25, 0.3) is 16.5 Å². The van der Waals surface area contributed by atoms with E-state index in [4.69, 9.17) is 4.74 Å². The van der Waals surface area contributed by atoms with E-state index in [2.05, 4.69) is 47.1 Å². The van der Waals surface area contributed by atoms with Crippen molar-refractivity contribution in [3.05, 3.63) is 108 Å². The molecule has 1 aromatic heterocycles. The molecule has 0 fully saturated rings. The molecule has 2 aromatic carbocycles. The first-order chi connectivity index (χ1) is 13.8. The number of carbonyl (C=O) groups is 1. The highest BCUT2D eigenvalue weighted by atomic mass is 16.5. The lowest BCUT2D eigenvalue weighted by molar-refractivity contribution is -0.117. The fraction of sp³-hybridized carbons (Fsp3) is 0.0800. The van der Waals surface area contributed by atoms with E-state index in [1.165, 1.54) is 5.57 Å². The van der Waals surface area contributed by atoms with Gasteiger partial charge in [-0.2, -0.15) is 0 Å². The number of para-hydroxylation sites is 2. The van der Waals surface area contributed by atoms with Gasteiger partial charge in [0, 0.05) is 22.9 Å². The highest BCUT2D eigenvalue weighted by Gasteiger charge is 2.36. The molecular weight excluding hydrogens is 346 g/mol. The van der Waals surface area contributed by atoms with Crippen LogP contribution in [-0.4, -0.2) is 10.4 Å². The number of hydrogen-bond donors (Lipinski definition) is 0. The van der Waals surface area contributed by atoms with E-state index in [9.17, 15) is 4.79 Å². The molecule has 1 unspecified atom stereocenters. The Labute approximate surface area is 162 Å². The number of nitrogens with zero attached hydrogens (tertiary/aromatic N) is 1. The third-order valence-electron chi connectivity index (χ3n) is 5.69. The van der Waals surface area contributed by atoms with Gasteiger partial charge < -0.3 is 9.30 Å². The second-order valence-electron chi connectivity index (χ2n) is 7.31.